The molecule has 1 aromatic carbocycles. The maximum atomic E-state index is 6.15. The zero-order valence-electron chi connectivity index (χ0n) is 12.5. The lowest BCUT2D eigenvalue weighted by Gasteiger charge is -2.24. The van der Waals surface area contributed by atoms with E-state index in [-0.39, 0.29) is 5.60 Å². The summed E-state index contributed by atoms with van der Waals surface area (Å²) >= 11 is 0. The second-order valence-corrected chi connectivity index (χ2v) is 6.19. The van der Waals surface area contributed by atoms with Gasteiger partial charge in [-0.1, -0.05) is 37.3 Å². The molecule has 0 aromatic heterocycles. The van der Waals surface area contributed by atoms with Gasteiger partial charge in [-0.25, -0.2) is 0 Å². The maximum Gasteiger partial charge on any atom is 0.0631 e. The number of rotatable bonds is 6. The van der Waals surface area contributed by atoms with Crippen LogP contribution < -0.4 is 5.32 Å². The molecule has 2 unspecified atom stereocenters. The number of likely N-dealkylation sites (N-methyl/N-ethyl adjacent to an activating group) is 1. The Morgan fingerprint density at radius 1 is 1.32 bits per heavy atom. The van der Waals surface area contributed by atoms with Crippen LogP contribution in [0.4, 0.5) is 0 Å². The van der Waals surface area contributed by atoms with Crippen molar-refractivity contribution in [1.82, 2.24) is 5.32 Å². The zero-order chi connectivity index (χ0) is 13.7. The predicted molar refractivity (Wildman–Crippen MR) is 80.5 cm³/mol. The molecule has 0 amide bonds. The van der Waals surface area contributed by atoms with E-state index >= 15 is 0 Å². The third-order valence-electron chi connectivity index (χ3n) is 4.01. The van der Waals surface area contributed by atoms with Gasteiger partial charge in [-0.2, -0.15) is 0 Å². The molecule has 2 heteroatoms. The number of nitrogens with one attached hydrogen (secondary N) is 1. The van der Waals surface area contributed by atoms with Crippen LogP contribution in [0, 0.1) is 0 Å². The standard InChI is InChI=1S/C17H27NO/c1-4-18-13-15(14-8-6-5-7-9-14)12-16-10-11-17(2,3)19-16/h5-9,15-16,18H,4,10-13H2,1-3H3. The summed E-state index contributed by atoms with van der Waals surface area (Å²) in [5.41, 5.74) is 1.50. The molecule has 1 aliphatic heterocycles. The van der Waals surface area contributed by atoms with Crippen molar-refractivity contribution in [1.29, 1.82) is 0 Å². The highest BCUT2D eigenvalue weighted by molar-refractivity contribution is 5.20. The van der Waals surface area contributed by atoms with Crippen molar-refractivity contribution in [3.05, 3.63) is 35.9 Å². The molecule has 1 N–H and O–H groups in total. The van der Waals surface area contributed by atoms with Crippen LogP contribution in [0.3, 0.4) is 0 Å². The lowest BCUT2D eigenvalue weighted by molar-refractivity contribution is -0.0209. The fourth-order valence-corrected chi connectivity index (χ4v) is 2.94. The number of hydrogen-bond acceptors (Lipinski definition) is 2. The molecule has 1 aromatic rings. The molecule has 1 aliphatic rings. The van der Waals surface area contributed by atoms with Crippen LogP contribution in [0.5, 0.6) is 0 Å². The minimum Gasteiger partial charge on any atom is -0.372 e. The van der Waals surface area contributed by atoms with Gasteiger partial charge in [0, 0.05) is 6.54 Å². The average Bonchev–Trinajstić information content (AvgIpc) is 2.75. The van der Waals surface area contributed by atoms with Crippen molar-refractivity contribution in [3.63, 3.8) is 0 Å². The first-order chi connectivity index (χ1) is 9.11. The van der Waals surface area contributed by atoms with Gasteiger partial charge in [-0.3, -0.25) is 0 Å². The molecular weight excluding hydrogens is 234 g/mol. The molecule has 1 saturated heterocycles. The SMILES string of the molecule is CCNCC(CC1CCC(C)(C)O1)c1ccccc1. The Morgan fingerprint density at radius 3 is 2.63 bits per heavy atom. The van der Waals surface area contributed by atoms with Gasteiger partial charge in [0.25, 0.3) is 0 Å². The van der Waals surface area contributed by atoms with E-state index in [4.69, 9.17) is 4.74 Å². The monoisotopic (exact) mass is 261 g/mol. The number of hydrogen-bond donors (Lipinski definition) is 1. The third-order valence-corrected chi connectivity index (χ3v) is 4.01. The Kier molecular flexibility index (Phi) is 5.00. The van der Waals surface area contributed by atoms with E-state index in [1.807, 2.05) is 0 Å². The molecule has 2 atom stereocenters. The fourth-order valence-electron chi connectivity index (χ4n) is 2.94. The second-order valence-electron chi connectivity index (χ2n) is 6.19. The first kappa shape index (κ1) is 14.5. The van der Waals surface area contributed by atoms with Crippen LogP contribution >= 0.6 is 0 Å². The van der Waals surface area contributed by atoms with Crippen LogP contribution in [0.25, 0.3) is 0 Å². The van der Waals surface area contributed by atoms with Crippen molar-refractivity contribution in [2.75, 3.05) is 13.1 Å². The average molecular weight is 261 g/mol. The Hall–Kier alpha value is -0.860. The van der Waals surface area contributed by atoms with Gasteiger partial charge in [0.1, 0.15) is 0 Å². The van der Waals surface area contributed by atoms with Gasteiger partial charge < -0.3 is 10.1 Å². The largest absolute Gasteiger partial charge is 0.372 e. The summed E-state index contributed by atoms with van der Waals surface area (Å²) in [6.07, 6.45) is 3.92. The molecule has 0 radical (unpaired) electrons. The Labute approximate surface area is 117 Å². The Balaban J connectivity index is 1.98. The van der Waals surface area contributed by atoms with Crippen LogP contribution in [-0.2, 0) is 4.74 Å². The highest BCUT2D eigenvalue weighted by atomic mass is 16.5. The Bertz CT molecular complexity index is 374. The number of ether oxygens (including phenoxy) is 1. The van der Waals surface area contributed by atoms with Crippen molar-refractivity contribution in [2.45, 2.75) is 57.7 Å². The van der Waals surface area contributed by atoms with Crippen LogP contribution in [0.1, 0.15) is 51.5 Å². The van der Waals surface area contributed by atoms with Crippen LogP contribution in [-0.4, -0.2) is 24.8 Å². The van der Waals surface area contributed by atoms with Gasteiger partial charge in [-0.05, 0) is 51.1 Å². The molecule has 0 saturated carbocycles. The van der Waals surface area contributed by atoms with Gasteiger partial charge in [0.15, 0.2) is 0 Å². The summed E-state index contributed by atoms with van der Waals surface area (Å²) in [5.74, 6) is 0.556. The minimum atomic E-state index is 0.0735. The molecule has 1 fully saturated rings. The quantitative estimate of drug-likeness (QED) is 0.842. The van der Waals surface area contributed by atoms with Gasteiger partial charge in [0.05, 0.1) is 11.7 Å². The summed E-state index contributed by atoms with van der Waals surface area (Å²) < 4.78 is 6.15. The Morgan fingerprint density at radius 2 is 2.05 bits per heavy atom. The van der Waals surface area contributed by atoms with E-state index in [9.17, 15) is 0 Å². The molecule has 0 aliphatic carbocycles. The van der Waals surface area contributed by atoms with Crippen LogP contribution in [0.2, 0.25) is 0 Å². The van der Waals surface area contributed by atoms with E-state index in [1.54, 1.807) is 0 Å². The fraction of sp³-hybridized carbons (Fsp3) is 0.647. The lowest BCUT2D eigenvalue weighted by Crippen LogP contribution is -2.26. The summed E-state index contributed by atoms with van der Waals surface area (Å²) in [6, 6.07) is 10.8. The van der Waals surface area contributed by atoms with Crippen molar-refractivity contribution in [3.8, 4) is 0 Å². The predicted octanol–water partition coefficient (Wildman–Crippen LogP) is 3.73. The number of benzene rings is 1. The molecule has 2 nitrogen and oxygen atoms in total. The minimum absolute atomic E-state index is 0.0735. The molecule has 106 valence electrons. The zero-order valence-corrected chi connectivity index (χ0v) is 12.5. The van der Waals surface area contributed by atoms with Crippen molar-refractivity contribution in [2.24, 2.45) is 0 Å². The van der Waals surface area contributed by atoms with Crippen molar-refractivity contribution >= 4 is 0 Å². The highest BCUT2D eigenvalue weighted by Crippen LogP contribution is 2.34. The van der Waals surface area contributed by atoms with E-state index < -0.39 is 0 Å². The lowest BCUT2D eigenvalue weighted by atomic mass is 9.92. The van der Waals surface area contributed by atoms with E-state index in [2.05, 4.69) is 56.4 Å². The van der Waals surface area contributed by atoms with E-state index in [0.717, 1.165) is 19.5 Å². The molecule has 2 rings (SSSR count). The van der Waals surface area contributed by atoms with E-state index in [1.165, 1.54) is 18.4 Å². The van der Waals surface area contributed by atoms with Gasteiger partial charge in [0.2, 0.25) is 0 Å². The van der Waals surface area contributed by atoms with Crippen LogP contribution in [0.15, 0.2) is 30.3 Å². The second kappa shape index (κ2) is 6.53. The molecular formula is C17H27NO. The van der Waals surface area contributed by atoms with Gasteiger partial charge in [-0.15, -0.1) is 0 Å². The topological polar surface area (TPSA) is 21.3 Å². The highest BCUT2D eigenvalue weighted by Gasteiger charge is 2.33. The molecule has 1 heterocycles. The van der Waals surface area contributed by atoms with Gasteiger partial charge >= 0.3 is 0 Å². The summed E-state index contributed by atoms with van der Waals surface area (Å²) in [7, 11) is 0. The maximum absolute atomic E-state index is 6.15. The molecule has 0 bridgehead atoms. The summed E-state index contributed by atoms with van der Waals surface area (Å²) in [5, 5.41) is 3.49. The first-order valence-electron chi connectivity index (χ1n) is 7.54. The first-order valence-corrected chi connectivity index (χ1v) is 7.54. The smallest absolute Gasteiger partial charge is 0.0631 e. The third kappa shape index (κ3) is 4.32. The summed E-state index contributed by atoms with van der Waals surface area (Å²) in [4.78, 5) is 0. The molecule has 0 spiro atoms. The normalized spacial score (nSPS) is 23.4. The summed E-state index contributed by atoms with van der Waals surface area (Å²) in [6.45, 7) is 8.64. The molecule has 19 heavy (non-hydrogen) atoms. The van der Waals surface area contributed by atoms with E-state index in [0.29, 0.717) is 12.0 Å². The van der Waals surface area contributed by atoms with Crippen molar-refractivity contribution < 1.29 is 4.74 Å².